The molecule has 0 aromatic heterocycles. The van der Waals surface area contributed by atoms with Crippen molar-refractivity contribution in [3.05, 3.63) is 29.1 Å². The van der Waals surface area contributed by atoms with Gasteiger partial charge in [0.25, 0.3) is 0 Å². The first-order chi connectivity index (χ1) is 7.51. The Morgan fingerprint density at radius 1 is 1.62 bits per heavy atom. The van der Waals surface area contributed by atoms with Gasteiger partial charge in [0, 0.05) is 11.6 Å². The Morgan fingerprint density at radius 2 is 2.25 bits per heavy atom. The molecule has 1 atom stereocenters. The van der Waals surface area contributed by atoms with Gasteiger partial charge in [-0.05, 0) is 6.07 Å². The summed E-state index contributed by atoms with van der Waals surface area (Å²) in [6, 6.07) is 3.40. The van der Waals surface area contributed by atoms with E-state index in [0.29, 0.717) is 0 Å². The number of halogens is 1. The van der Waals surface area contributed by atoms with Gasteiger partial charge in [-0.2, -0.15) is 5.26 Å². The van der Waals surface area contributed by atoms with Gasteiger partial charge in [0.15, 0.2) is 6.10 Å². The third-order valence-electron chi connectivity index (χ3n) is 1.96. The summed E-state index contributed by atoms with van der Waals surface area (Å²) < 4.78 is 17.8. The average Bonchev–Trinajstić information content (AvgIpc) is 2.26. The van der Waals surface area contributed by atoms with Crippen molar-refractivity contribution in [2.75, 3.05) is 7.11 Å². The summed E-state index contributed by atoms with van der Waals surface area (Å²) in [7, 11) is 1.21. The molecule has 1 rings (SSSR count). The normalized spacial score (nSPS) is 11.6. The molecule has 16 heavy (non-hydrogen) atoms. The van der Waals surface area contributed by atoms with Gasteiger partial charge in [0.1, 0.15) is 23.2 Å². The number of carboxylic acid groups (broad SMARTS) is 1. The molecule has 84 valence electrons. The van der Waals surface area contributed by atoms with Gasteiger partial charge in [-0.1, -0.05) is 0 Å². The molecule has 0 spiro atoms. The first-order valence-corrected chi connectivity index (χ1v) is 4.19. The third kappa shape index (κ3) is 2.10. The highest BCUT2D eigenvalue weighted by Crippen LogP contribution is 2.27. The predicted molar refractivity (Wildman–Crippen MR) is 50.3 cm³/mol. The van der Waals surface area contributed by atoms with E-state index >= 15 is 0 Å². The van der Waals surface area contributed by atoms with E-state index in [1.807, 2.05) is 0 Å². The lowest BCUT2D eigenvalue weighted by Crippen LogP contribution is -2.13. The molecule has 1 aromatic carbocycles. The van der Waals surface area contributed by atoms with E-state index in [0.717, 1.165) is 12.1 Å². The summed E-state index contributed by atoms with van der Waals surface area (Å²) >= 11 is 0. The maximum absolute atomic E-state index is 13.1. The fourth-order valence-corrected chi connectivity index (χ4v) is 1.23. The first-order valence-electron chi connectivity index (χ1n) is 4.19. The zero-order valence-corrected chi connectivity index (χ0v) is 8.27. The van der Waals surface area contributed by atoms with Crippen LogP contribution in [0.5, 0.6) is 5.75 Å². The fourth-order valence-electron chi connectivity index (χ4n) is 1.23. The monoisotopic (exact) mass is 225 g/mol. The van der Waals surface area contributed by atoms with Gasteiger partial charge in [-0.3, -0.25) is 0 Å². The second-order valence-corrected chi connectivity index (χ2v) is 2.92. The van der Waals surface area contributed by atoms with Gasteiger partial charge in [0.05, 0.1) is 7.11 Å². The average molecular weight is 225 g/mol. The van der Waals surface area contributed by atoms with E-state index in [1.165, 1.54) is 7.11 Å². The lowest BCUT2D eigenvalue weighted by Gasteiger charge is -2.11. The van der Waals surface area contributed by atoms with Crippen LogP contribution in [-0.4, -0.2) is 23.3 Å². The molecule has 0 saturated carbocycles. The molecule has 0 amide bonds. The zero-order valence-electron chi connectivity index (χ0n) is 8.27. The molecule has 0 fully saturated rings. The minimum atomic E-state index is -1.96. The molecule has 1 aromatic rings. The van der Waals surface area contributed by atoms with Crippen LogP contribution < -0.4 is 4.74 Å². The number of hydrogen-bond acceptors (Lipinski definition) is 4. The molecule has 0 heterocycles. The molecule has 5 nitrogen and oxygen atoms in total. The van der Waals surface area contributed by atoms with E-state index in [-0.39, 0.29) is 16.9 Å². The number of ether oxygens (including phenoxy) is 1. The Kier molecular flexibility index (Phi) is 3.43. The number of hydrogen-bond donors (Lipinski definition) is 2. The summed E-state index contributed by atoms with van der Waals surface area (Å²) in [6.45, 7) is 0. The second-order valence-electron chi connectivity index (χ2n) is 2.92. The number of aliphatic hydroxyl groups is 1. The van der Waals surface area contributed by atoms with Crippen LogP contribution in [0.3, 0.4) is 0 Å². The highest BCUT2D eigenvalue weighted by atomic mass is 19.1. The maximum Gasteiger partial charge on any atom is 0.337 e. The number of nitrogens with zero attached hydrogens (tertiary/aromatic N) is 1. The van der Waals surface area contributed by atoms with Crippen molar-refractivity contribution in [1.29, 1.82) is 5.26 Å². The number of benzene rings is 1. The van der Waals surface area contributed by atoms with E-state index in [4.69, 9.17) is 15.1 Å². The van der Waals surface area contributed by atoms with Crippen LogP contribution in [-0.2, 0) is 4.79 Å². The van der Waals surface area contributed by atoms with Crippen LogP contribution in [0.2, 0.25) is 0 Å². The summed E-state index contributed by atoms with van der Waals surface area (Å²) in [4.78, 5) is 10.6. The molecule has 0 aliphatic heterocycles. The van der Waals surface area contributed by atoms with Crippen molar-refractivity contribution < 1.29 is 24.1 Å². The Labute approximate surface area is 90.3 Å². The van der Waals surface area contributed by atoms with Crippen molar-refractivity contribution in [2.45, 2.75) is 6.10 Å². The van der Waals surface area contributed by atoms with Gasteiger partial charge in [0.2, 0.25) is 0 Å². The highest BCUT2D eigenvalue weighted by Gasteiger charge is 2.23. The highest BCUT2D eigenvalue weighted by molar-refractivity contribution is 5.75. The number of rotatable bonds is 3. The molecule has 2 N–H and O–H groups in total. The summed E-state index contributed by atoms with van der Waals surface area (Å²) in [5.74, 6) is -2.46. The number of nitriles is 1. The van der Waals surface area contributed by atoms with Gasteiger partial charge in [-0.25, -0.2) is 9.18 Å². The predicted octanol–water partition coefficient (Wildman–Crippen LogP) is 0.824. The molecular weight excluding hydrogens is 217 g/mol. The molecule has 1 unspecified atom stereocenters. The summed E-state index contributed by atoms with van der Waals surface area (Å²) in [6.07, 6.45) is -1.96. The van der Waals surface area contributed by atoms with Crippen molar-refractivity contribution in [3.63, 3.8) is 0 Å². The minimum absolute atomic E-state index is 0.113. The van der Waals surface area contributed by atoms with Crippen molar-refractivity contribution in [3.8, 4) is 11.8 Å². The smallest absolute Gasteiger partial charge is 0.337 e. The number of methoxy groups -OCH3 is 1. The van der Waals surface area contributed by atoms with Crippen LogP contribution in [0.4, 0.5) is 4.39 Å². The largest absolute Gasteiger partial charge is 0.495 e. The first kappa shape index (κ1) is 11.9. The van der Waals surface area contributed by atoms with E-state index < -0.39 is 17.9 Å². The molecular formula is C10H8FNO4. The fraction of sp³-hybridized carbons (Fsp3) is 0.200. The van der Waals surface area contributed by atoms with Crippen molar-refractivity contribution >= 4 is 5.97 Å². The third-order valence-corrected chi connectivity index (χ3v) is 1.96. The number of carboxylic acids is 1. The topological polar surface area (TPSA) is 90.6 Å². The van der Waals surface area contributed by atoms with Crippen LogP contribution in [0.15, 0.2) is 12.1 Å². The van der Waals surface area contributed by atoms with Gasteiger partial charge in [-0.15, -0.1) is 0 Å². The van der Waals surface area contributed by atoms with Gasteiger partial charge < -0.3 is 14.9 Å². The number of aliphatic hydroxyl groups excluding tert-OH is 1. The van der Waals surface area contributed by atoms with E-state index in [2.05, 4.69) is 0 Å². The Balaban J connectivity index is 3.43. The van der Waals surface area contributed by atoms with E-state index in [9.17, 15) is 14.3 Å². The van der Waals surface area contributed by atoms with Crippen LogP contribution in [0.1, 0.15) is 17.2 Å². The van der Waals surface area contributed by atoms with Crippen molar-refractivity contribution in [2.24, 2.45) is 0 Å². The Hall–Kier alpha value is -2.13. The number of carbonyl (C=O) groups is 1. The van der Waals surface area contributed by atoms with Gasteiger partial charge >= 0.3 is 5.97 Å². The standard InChI is InChI=1S/C10H8FNO4/c1-16-8-3-5(11)2-6(7(8)4-12)9(13)10(14)15/h2-3,9,13H,1H3,(H,14,15). The quantitative estimate of drug-likeness (QED) is 0.794. The molecule has 0 bridgehead atoms. The minimum Gasteiger partial charge on any atom is -0.495 e. The Morgan fingerprint density at radius 3 is 2.69 bits per heavy atom. The lowest BCUT2D eigenvalue weighted by molar-refractivity contribution is -0.146. The van der Waals surface area contributed by atoms with E-state index in [1.54, 1.807) is 6.07 Å². The zero-order chi connectivity index (χ0) is 12.3. The molecule has 6 heteroatoms. The SMILES string of the molecule is COc1cc(F)cc(C(O)C(=O)O)c1C#N. The molecule has 0 radical (unpaired) electrons. The second kappa shape index (κ2) is 4.59. The Bertz CT molecular complexity index is 467. The van der Waals surface area contributed by atoms with Crippen LogP contribution in [0.25, 0.3) is 0 Å². The van der Waals surface area contributed by atoms with Crippen LogP contribution >= 0.6 is 0 Å². The number of aliphatic carboxylic acids is 1. The molecule has 0 aliphatic carbocycles. The summed E-state index contributed by atoms with van der Waals surface area (Å²) in [5.41, 5.74) is -0.523. The van der Waals surface area contributed by atoms with Crippen molar-refractivity contribution in [1.82, 2.24) is 0 Å². The lowest BCUT2D eigenvalue weighted by atomic mass is 10.0. The molecule has 0 saturated heterocycles. The summed E-state index contributed by atoms with van der Waals surface area (Å²) in [5, 5.41) is 26.7. The van der Waals surface area contributed by atoms with Crippen LogP contribution in [0, 0.1) is 17.1 Å². The molecule has 0 aliphatic rings. The maximum atomic E-state index is 13.1.